The van der Waals surface area contributed by atoms with Crippen LogP contribution in [-0.4, -0.2) is 18.9 Å². The molecule has 1 unspecified atom stereocenters. The summed E-state index contributed by atoms with van der Waals surface area (Å²) in [5.74, 6) is 0. The van der Waals surface area contributed by atoms with E-state index in [0.717, 1.165) is 13.0 Å². The average molecular weight is 123 g/mol. The van der Waals surface area contributed by atoms with Gasteiger partial charge in [0.2, 0.25) is 0 Å². The van der Waals surface area contributed by atoms with Crippen LogP contribution in [0.1, 0.15) is 6.42 Å². The molecule has 2 aliphatic heterocycles. The maximum absolute atomic E-state index is 4.22. The highest BCUT2D eigenvalue weighted by molar-refractivity contribution is 5.59. The highest BCUT2D eigenvalue weighted by atomic mass is 15.1. The van der Waals surface area contributed by atoms with Gasteiger partial charge in [-0.15, -0.1) is 0 Å². The molecule has 0 aliphatic carbocycles. The van der Waals surface area contributed by atoms with Gasteiger partial charge >= 0.3 is 0 Å². The SMILES string of the molecule is C1=NC2CCNC2=CN1. The van der Waals surface area contributed by atoms with E-state index in [1.807, 2.05) is 6.20 Å². The van der Waals surface area contributed by atoms with Crippen LogP contribution < -0.4 is 10.6 Å². The molecule has 0 saturated carbocycles. The summed E-state index contributed by atoms with van der Waals surface area (Å²) in [5, 5.41) is 6.18. The van der Waals surface area contributed by atoms with Crippen molar-refractivity contribution in [3.63, 3.8) is 0 Å². The van der Waals surface area contributed by atoms with Crippen molar-refractivity contribution >= 4 is 6.34 Å². The number of hydrogen-bond acceptors (Lipinski definition) is 3. The zero-order valence-electron chi connectivity index (χ0n) is 5.09. The lowest BCUT2D eigenvalue weighted by atomic mass is 10.2. The summed E-state index contributed by atoms with van der Waals surface area (Å²) in [6, 6.07) is 0.422. The van der Waals surface area contributed by atoms with Crippen molar-refractivity contribution in [2.24, 2.45) is 4.99 Å². The Balaban J connectivity index is 2.22. The van der Waals surface area contributed by atoms with Crippen LogP contribution >= 0.6 is 0 Å². The van der Waals surface area contributed by atoms with Gasteiger partial charge in [0.05, 0.1) is 18.1 Å². The summed E-state index contributed by atoms with van der Waals surface area (Å²) in [6.07, 6.45) is 4.87. The van der Waals surface area contributed by atoms with Gasteiger partial charge in [-0.3, -0.25) is 4.99 Å². The molecule has 3 nitrogen and oxygen atoms in total. The van der Waals surface area contributed by atoms with Gasteiger partial charge in [0.15, 0.2) is 0 Å². The van der Waals surface area contributed by atoms with Crippen LogP contribution in [0.25, 0.3) is 0 Å². The summed E-state index contributed by atoms with van der Waals surface area (Å²) in [7, 11) is 0. The van der Waals surface area contributed by atoms with Crippen molar-refractivity contribution in [1.29, 1.82) is 0 Å². The molecule has 0 aromatic heterocycles. The molecule has 1 atom stereocenters. The number of fused-ring (bicyclic) bond motifs is 1. The van der Waals surface area contributed by atoms with E-state index in [9.17, 15) is 0 Å². The van der Waals surface area contributed by atoms with E-state index in [4.69, 9.17) is 0 Å². The number of hydrogen-bond donors (Lipinski definition) is 2. The van der Waals surface area contributed by atoms with E-state index < -0.39 is 0 Å². The van der Waals surface area contributed by atoms with Crippen molar-refractivity contribution < 1.29 is 0 Å². The van der Waals surface area contributed by atoms with Crippen LogP contribution in [0.5, 0.6) is 0 Å². The summed E-state index contributed by atoms with van der Waals surface area (Å²) in [5.41, 5.74) is 1.23. The standard InChI is InChI=1S/C6H9N3/c1-2-8-6-3-7-4-9-5(1)6/h3-5,8H,1-2H2,(H,7,9). The number of aliphatic imine (C=N–C) groups is 1. The van der Waals surface area contributed by atoms with Crippen molar-refractivity contribution in [2.75, 3.05) is 6.54 Å². The molecule has 2 rings (SSSR count). The molecule has 48 valence electrons. The topological polar surface area (TPSA) is 36.4 Å². The first kappa shape index (κ1) is 4.85. The van der Waals surface area contributed by atoms with Crippen LogP contribution in [-0.2, 0) is 0 Å². The Kier molecular flexibility index (Phi) is 0.946. The summed E-state index contributed by atoms with van der Waals surface area (Å²) in [6.45, 7) is 1.06. The van der Waals surface area contributed by atoms with E-state index in [1.54, 1.807) is 6.34 Å². The molecule has 2 heterocycles. The van der Waals surface area contributed by atoms with Gasteiger partial charge in [-0.1, -0.05) is 0 Å². The summed E-state index contributed by atoms with van der Waals surface area (Å²) in [4.78, 5) is 4.22. The molecule has 1 saturated heterocycles. The number of rotatable bonds is 0. The molecule has 0 aromatic rings. The van der Waals surface area contributed by atoms with Crippen molar-refractivity contribution in [2.45, 2.75) is 12.5 Å². The second-order valence-corrected chi connectivity index (χ2v) is 2.28. The Morgan fingerprint density at radius 2 is 2.67 bits per heavy atom. The Morgan fingerprint density at radius 3 is 3.56 bits per heavy atom. The smallest absolute Gasteiger partial charge is 0.0943 e. The van der Waals surface area contributed by atoms with Gasteiger partial charge in [-0.25, -0.2) is 0 Å². The second kappa shape index (κ2) is 1.76. The second-order valence-electron chi connectivity index (χ2n) is 2.28. The normalized spacial score (nSPS) is 30.2. The van der Waals surface area contributed by atoms with Gasteiger partial charge in [-0.05, 0) is 6.42 Å². The van der Waals surface area contributed by atoms with Crippen LogP contribution in [0, 0.1) is 0 Å². The fourth-order valence-corrected chi connectivity index (χ4v) is 1.19. The zero-order chi connectivity index (χ0) is 6.10. The van der Waals surface area contributed by atoms with Crippen molar-refractivity contribution in [1.82, 2.24) is 10.6 Å². The van der Waals surface area contributed by atoms with Crippen molar-refractivity contribution in [3.8, 4) is 0 Å². The average Bonchev–Trinajstić information content (AvgIpc) is 2.33. The molecular weight excluding hydrogens is 114 g/mol. The summed E-state index contributed by atoms with van der Waals surface area (Å²) >= 11 is 0. The van der Waals surface area contributed by atoms with E-state index in [2.05, 4.69) is 15.6 Å². The highest BCUT2D eigenvalue weighted by Gasteiger charge is 2.19. The molecule has 1 fully saturated rings. The predicted molar refractivity (Wildman–Crippen MR) is 36.1 cm³/mol. The Bertz CT molecular complexity index is 171. The first-order valence-electron chi connectivity index (χ1n) is 3.18. The van der Waals surface area contributed by atoms with Crippen LogP contribution in [0.15, 0.2) is 16.9 Å². The molecule has 9 heavy (non-hydrogen) atoms. The van der Waals surface area contributed by atoms with Gasteiger partial charge < -0.3 is 10.6 Å². The summed E-state index contributed by atoms with van der Waals surface area (Å²) < 4.78 is 0. The third-order valence-electron chi connectivity index (χ3n) is 1.67. The molecule has 2 aliphatic rings. The number of nitrogens with zero attached hydrogens (tertiary/aromatic N) is 1. The first-order valence-corrected chi connectivity index (χ1v) is 3.18. The third kappa shape index (κ3) is 0.686. The van der Waals surface area contributed by atoms with Crippen LogP contribution in [0.2, 0.25) is 0 Å². The van der Waals surface area contributed by atoms with Gasteiger partial charge in [0.25, 0.3) is 0 Å². The van der Waals surface area contributed by atoms with E-state index in [-0.39, 0.29) is 0 Å². The quantitative estimate of drug-likeness (QED) is 0.469. The maximum atomic E-state index is 4.22. The van der Waals surface area contributed by atoms with E-state index in [0.29, 0.717) is 6.04 Å². The first-order chi connectivity index (χ1) is 4.47. The van der Waals surface area contributed by atoms with E-state index in [1.165, 1.54) is 5.70 Å². The Hall–Kier alpha value is -0.990. The maximum Gasteiger partial charge on any atom is 0.0943 e. The fraction of sp³-hybridized carbons (Fsp3) is 0.500. The lowest BCUT2D eigenvalue weighted by Gasteiger charge is -2.09. The minimum Gasteiger partial charge on any atom is -0.385 e. The highest BCUT2D eigenvalue weighted by Crippen LogP contribution is 2.14. The molecular formula is C6H9N3. The lowest BCUT2D eigenvalue weighted by molar-refractivity contribution is 0.790. The molecule has 2 N–H and O–H groups in total. The molecule has 0 aromatic carbocycles. The van der Waals surface area contributed by atoms with Gasteiger partial charge in [0.1, 0.15) is 0 Å². The van der Waals surface area contributed by atoms with Crippen molar-refractivity contribution in [3.05, 3.63) is 11.9 Å². The monoisotopic (exact) mass is 123 g/mol. The van der Waals surface area contributed by atoms with Crippen LogP contribution in [0.4, 0.5) is 0 Å². The Labute approximate surface area is 53.9 Å². The molecule has 3 heteroatoms. The van der Waals surface area contributed by atoms with E-state index >= 15 is 0 Å². The Morgan fingerprint density at radius 1 is 1.67 bits per heavy atom. The lowest BCUT2D eigenvalue weighted by Crippen LogP contribution is -2.19. The minimum atomic E-state index is 0.422. The van der Waals surface area contributed by atoms with Gasteiger partial charge in [0, 0.05) is 12.7 Å². The molecule has 0 bridgehead atoms. The molecule has 0 radical (unpaired) electrons. The zero-order valence-corrected chi connectivity index (χ0v) is 5.09. The predicted octanol–water partition coefficient (Wildman–Crippen LogP) is -0.179. The third-order valence-corrected chi connectivity index (χ3v) is 1.67. The van der Waals surface area contributed by atoms with Crippen LogP contribution in [0.3, 0.4) is 0 Å². The van der Waals surface area contributed by atoms with Gasteiger partial charge in [-0.2, -0.15) is 0 Å². The molecule has 0 amide bonds. The largest absolute Gasteiger partial charge is 0.385 e. The molecule has 0 spiro atoms. The minimum absolute atomic E-state index is 0.422. The number of nitrogens with one attached hydrogen (secondary N) is 2. The fourth-order valence-electron chi connectivity index (χ4n) is 1.19.